The average molecular weight is 341 g/mol. The van der Waals surface area contributed by atoms with Crippen molar-refractivity contribution in [1.82, 2.24) is 0 Å². The second kappa shape index (κ2) is 5.99. The molecule has 0 amide bonds. The third-order valence-electron chi connectivity index (χ3n) is 3.65. The summed E-state index contributed by atoms with van der Waals surface area (Å²) >= 11 is 13.5. The molecule has 0 spiro atoms. The van der Waals surface area contributed by atoms with Gasteiger partial charge < -0.3 is 4.74 Å². The first-order valence-corrected chi connectivity index (χ1v) is 8.39. The SMILES string of the molecule is CC1CCc2sc(C(=O)Oc3cccc(Cl)c3Cl)cc2C1. The minimum Gasteiger partial charge on any atom is -0.421 e. The van der Waals surface area contributed by atoms with Gasteiger partial charge in [0.25, 0.3) is 0 Å². The highest BCUT2D eigenvalue weighted by Gasteiger charge is 2.22. The highest BCUT2D eigenvalue weighted by molar-refractivity contribution is 7.14. The normalized spacial score (nSPS) is 17.4. The van der Waals surface area contributed by atoms with Gasteiger partial charge in [-0.05, 0) is 48.9 Å². The number of hydrogen-bond acceptors (Lipinski definition) is 3. The summed E-state index contributed by atoms with van der Waals surface area (Å²) in [5.74, 6) is 0.610. The van der Waals surface area contributed by atoms with E-state index in [0.29, 0.717) is 21.6 Å². The zero-order valence-electron chi connectivity index (χ0n) is 11.5. The van der Waals surface area contributed by atoms with Gasteiger partial charge in [0.2, 0.25) is 0 Å². The molecule has 1 atom stereocenters. The topological polar surface area (TPSA) is 26.3 Å². The van der Waals surface area contributed by atoms with Crippen LogP contribution in [0, 0.1) is 5.92 Å². The van der Waals surface area contributed by atoms with E-state index < -0.39 is 0 Å². The Morgan fingerprint density at radius 3 is 3.00 bits per heavy atom. The second-order valence-corrected chi connectivity index (χ2v) is 7.27. The van der Waals surface area contributed by atoms with E-state index in [1.165, 1.54) is 28.2 Å². The summed E-state index contributed by atoms with van der Waals surface area (Å²) < 4.78 is 5.37. The molecule has 1 aromatic heterocycles. The summed E-state index contributed by atoms with van der Waals surface area (Å²) in [6.45, 7) is 2.24. The van der Waals surface area contributed by atoms with Crippen molar-refractivity contribution in [3.8, 4) is 5.75 Å². The van der Waals surface area contributed by atoms with Gasteiger partial charge in [0.1, 0.15) is 9.90 Å². The fourth-order valence-electron chi connectivity index (χ4n) is 2.52. The monoisotopic (exact) mass is 340 g/mol. The number of carbonyl (C=O) groups is 1. The van der Waals surface area contributed by atoms with Crippen LogP contribution in [0.5, 0.6) is 5.75 Å². The first-order valence-electron chi connectivity index (χ1n) is 6.82. The van der Waals surface area contributed by atoms with Gasteiger partial charge in [0, 0.05) is 4.88 Å². The molecular weight excluding hydrogens is 327 g/mol. The lowest BCUT2D eigenvalue weighted by molar-refractivity contribution is 0.0740. The van der Waals surface area contributed by atoms with Gasteiger partial charge in [-0.3, -0.25) is 0 Å². The molecule has 1 aromatic carbocycles. The number of halogens is 2. The highest BCUT2D eigenvalue weighted by Crippen LogP contribution is 2.35. The van der Waals surface area contributed by atoms with Crippen LogP contribution >= 0.6 is 34.5 Å². The van der Waals surface area contributed by atoms with Gasteiger partial charge in [0.05, 0.1) is 5.02 Å². The van der Waals surface area contributed by atoms with Crippen molar-refractivity contribution < 1.29 is 9.53 Å². The van der Waals surface area contributed by atoms with Crippen LogP contribution in [0.15, 0.2) is 24.3 Å². The van der Waals surface area contributed by atoms with Crippen molar-refractivity contribution in [3.63, 3.8) is 0 Å². The Morgan fingerprint density at radius 1 is 1.38 bits per heavy atom. The maximum atomic E-state index is 12.3. The van der Waals surface area contributed by atoms with Crippen molar-refractivity contribution in [2.45, 2.75) is 26.2 Å². The molecule has 0 radical (unpaired) electrons. The van der Waals surface area contributed by atoms with E-state index in [4.69, 9.17) is 27.9 Å². The molecule has 0 aliphatic heterocycles. The number of fused-ring (bicyclic) bond motifs is 1. The number of aryl methyl sites for hydroxylation is 1. The van der Waals surface area contributed by atoms with Crippen molar-refractivity contribution in [1.29, 1.82) is 0 Å². The first-order chi connectivity index (χ1) is 10.0. The standard InChI is InChI=1S/C16H14Cl2O2S/c1-9-5-6-13-10(7-9)8-14(21-13)16(19)20-12-4-2-3-11(17)15(12)18/h2-4,8-9H,5-7H2,1H3. The molecule has 1 heterocycles. The Morgan fingerprint density at radius 2 is 2.19 bits per heavy atom. The number of rotatable bonds is 2. The molecule has 0 fully saturated rings. The van der Waals surface area contributed by atoms with Crippen LogP contribution in [0.25, 0.3) is 0 Å². The minimum atomic E-state index is -0.369. The van der Waals surface area contributed by atoms with Gasteiger partial charge in [0.15, 0.2) is 5.75 Å². The molecule has 110 valence electrons. The zero-order chi connectivity index (χ0) is 15.0. The molecule has 0 bridgehead atoms. The summed E-state index contributed by atoms with van der Waals surface area (Å²) in [6, 6.07) is 6.96. The van der Waals surface area contributed by atoms with E-state index in [1.54, 1.807) is 18.2 Å². The Labute approximate surface area is 137 Å². The van der Waals surface area contributed by atoms with Crippen LogP contribution in [0.4, 0.5) is 0 Å². The number of hydrogen-bond donors (Lipinski definition) is 0. The Kier molecular flexibility index (Phi) is 4.25. The predicted molar refractivity (Wildman–Crippen MR) is 86.9 cm³/mol. The molecule has 0 saturated heterocycles. The quantitative estimate of drug-likeness (QED) is 0.540. The van der Waals surface area contributed by atoms with Gasteiger partial charge in [-0.15, -0.1) is 11.3 Å². The number of benzene rings is 1. The first kappa shape index (κ1) is 14.9. The van der Waals surface area contributed by atoms with Crippen molar-refractivity contribution in [2.24, 2.45) is 5.92 Å². The molecule has 5 heteroatoms. The van der Waals surface area contributed by atoms with Gasteiger partial charge in [-0.1, -0.05) is 36.2 Å². The summed E-state index contributed by atoms with van der Waals surface area (Å²) in [4.78, 5) is 14.2. The third-order valence-corrected chi connectivity index (χ3v) is 5.67. The third kappa shape index (κ3) is 3.10. The molecule has 2 nitrogen and oxygen atoms in total. The number of ether oxygens (including phenoxy) is 1. The largest absolute Gasteiger partial charge is 0.421 e. The Bertz CT molecular complexity index is 694. The van der Waals surface area contributed by atoms with E-state index in [-0.39, 0.29) is 11.0 Å². The summed E-state index contributed by atoms with van der Waals surface area (Å²) in [5, 5.41) is 0.642. The van der Waals surface area contributed by atoms with E-state index in [1.807, 2.05) is 6.07 Å². The number of carbonyl (C=O) groups excluding carboxylic acids is 1. The van der Waals surface area contributed by atoms with Crippen molar-refractivity contribution in [2.75, 3.05) is 0 Å². The van der Waals surface area contributed by atoms with Crippen molar-refractivity contribution in [3.05, 3.63) is 49.6 Å². The van der Waals surface area contributed by atoms with Gasteiger partial charge in [-0.2, -0.15) is 0 Å². The molecular formula is C16H14Cl2O2S. The molecule has 1 unspecified atom stereocenters. The van der Waals surface area contributed by atoms with Crippen LogP contribution in [-0.2, 0) is 12.8 Å². The van der Waals surface area contributed by atoms with Crippen LogP contribution in [0.3, 0.4) is 0 Å². The molecule has 1 aliphatic rings. The summed E-state index contributed by atoms with van der Waals surface area (Å²) in [5.41, 5.74) is 1.28. The summed E-state index contributed by atoms with van der Waals surface area (Å²) in [7, 11) is 0. The predicted octanol–water partition coefficient (Wildman–Crippen LogP) is 5.40. The fraction of sp³-hybridized carbons (Fsp3) is 0.312. The summed E-state index contributed by atoms with van der Waals surface area (Å²) in [6.07, 6.45) is 3.27. The fourth-order valence-corrected chi connectivity index (χ4v) is 3.93. The van der Waals surface area contributed by atoms with Crippen LogP contribution < -0.4 is 4.74 Å². The van der Waals surface area contributed by atoms with Crippen LogP contribution in [0.2, 0.25) is 10.0 Å². The minimum absolute atomic E-state index is 0.266. The van der Waals surface area contributed by atoms with Crippen LogP contribution in [0.1, 0.15) is 33.5 Å². The number of esters is 1. The second-order valence-electron chi connectivity index (χ2n) is 5.35. The zero-order valence-corrected chi connectivity index (χ0v) is 13.8. The highest BCUT2D eigenvalue weighted by atomic mass is 35.5. The maximum absolute atomic E-state index is 12.3. The lowest BCUT2D eigenvalue weighted by Gasteiger charge is -2.16. The molecule has 0 saturated carbocycles. The van der Waals surface area contributed by atoms with E-state index in [2.05, 4.69) is 6.92 Å². The molecule has 2 aromatic rings. The lowest BCUT2D eigenvalue weighted by atomic mass is 9.90. The molecule has 21 heavy (non-hydrogen) atoms. The smallest absolute Gasteiger partial charge is 0.353 e. The van der Waals surface area contributed by atoms with Crippen LogP contribution in [-0.4, -0.2) is 5.97 Å². The molecule has 1 aliphatic carbocycles. The number of thiophene rings is 1. The Hall–Kier alpha value is -1.03. The average Bonchev–Trinajstić information content (AvgIpc) is 2.87. The maximum Gasteiger partial charge on any atom is 0.353 e. The van der Waals surface area contributed by atoms with E-state index >= 15 is 0 Å². The molecule has 3 rings (SSSR count). The van der Waals surface area contributed by atoms with E-state index in [9.17, 15) is 4.79 Å². The van der Waals surface area contributed by atoms with E-state index in [0.717, 1.165) is 12.8 Å². The Balaban J connectivity index is 1.81. The lowest BCUT2D eigenvalue weighted by Crippen LogP contribution is -2.08. The molecule has 0 N–H and O–H groups in total. The van der Waals surface area contributed by atoms with Crippen molar-refractivity contribution >= 4 is 40.5 Å². The van der Waals surface area contributed by atoms with Gasteiger partial charge in [-0.25, -0.2) is 4.79 Å². The van der Waals surface area contributed by atoms with Gasteiger partial charge >= 0.3 is 5.97 Å².